The van der Waals surface area contributed by atoms with Gasteiger partial charge in [0.25, 0.3) is 0 Å². The van der Waals surface area contributed by atoms with E-state index in [1.54, 1.807) is 21.7 Å². The SMILES string of the molecule is CC[C@@]1(O)CCN(C(=O)CCc2scnc2C)C[C@H]1O. The smallest absolute Gasteiger partial charge is 0.223 e. The molecule has 6 heteroatoms. The van der Waals surface area contributed by atoms with E-state index in [1.165, 1.54) is 0 Å². The summed E-state index contributed by atoms with van der Waals surface area (Å²) >= 11 is 1.57. The predicted molar refractivity (Wildman–Crippen MR) is 77.6 cm³/mol. The van der Waals surface area contributed by atoms with Crippen molar-refractivity contribution in [1.29, 1.82) is 0 Å². The number of aliphatic hydroxyl groups excluding tert-OH is 1. The number of rotatable bonds is 4. The van der Waals surface area contributed by atoms with Crippen molar-refractivity contribution in [2.45, 2.75) is 51.2 Å². The number of thiazole rings is 1. The molecule has 0 saturated carbocycles. The van der Waals surface area contributed by atoms with Crippen LogP contribution < -0.4 is 0 Å². The molecule has 0 radical (unpaired) electrons. The molecule has 2 N–H and O–H groups in total. The number of likely N-dealkylation sites (tertiary alicyclic amines) is 1. The van der Waals surface area contributed by atoms with E-state index in [1.807, 2.05) is 13.8 Å². The molecule has 0 aliphatic carbocycles. The molecule has 112 valence electrons. The second kappa shape index (κ2) is 6.20. The number of hydrogen-bond donors (Lipinski definition) is 2. The highest BCUT2D eigenvalue weighted by molar-refractivity contribution is 7.09. The summed E-state index contributed by atoms with van der Waals surface area (Å²) in [7, 11) is 0. The number of aliphatic hydroxyl groups is 2. The van der Waals surface area contributed by atoms with Crippen molar-refractivity contribution in [1.82, 2.24) is 9.88 Å². The van der Waals surface area contributed by atoms with Gasteiger partial charge in [0.15, 0.2) is 0 Å². The Morgan fingerprint density at radius 2 is 2.40 bits per heavy atom. The van der Waals surface area contributed by atoms with Crippen LogP contribution in [0.5, 0.6) is 0 Å². The average Bonchev–Trinajstić information content (AvgIpc) is 2.84. The number of piperidine rings is 1. The van der Waals surface area contributed by atoms with Gasteiger partial charge in [0.1, 0.15) is 6.10 Å². The van der Waals surface area contributed by atoms with Crippen LogP contribution in [0.25, 0.3) is 0 Å². The molecule has 1 aromatic rings. The van der Waals surface area contributed by atoms with Gasteiger partial charge in [-0.3, -0.25) is 4.79 Å². The van der Waals surface area contributed by atoms with Crippen molar-refractivity contribution < 1.29 is 15.0 Å². The zero-order chi connectivity index (χ0) is 14.8. The van der Waals surface area contributed by atoms with Gasteiger partial charge in [0, 0.05) is 24.4 Å². The Hall–Kier alpha value is -0.980. The van der Waals surface area contributed by atoms with Gasteiger partial charge in [-0.15, -0.1) is 11.3 Å². The summed E-state index contributed by atoms with van der Waals surface area (Å²) in [6.45, 7) is 4.54. The van der Waals surface area contributed by atoms with E-state index in [-0.39, 0.29) is 12.5 Å². The summed E-state index contributed by atoms with van der Waals surface area (Å²) in [5.41, 5.74) is 1.74. The molecule has 1 fully saturated rings. The number of β-amino-alcohol motifs (C(OH)–C–C–N with tert-alkyl or cyclic N) is 1. The van der Waals surface area contributed by atoms with Crippen molar-refractivity contribution in [2.75, 3.05) is 13.1 Å². The first kappa shape index (κ1) is 15.4. The largest absolute Gasteiger partial charge is 0.388 e. The molecule has 20 heavy (non-hydrogen) atoms. The Labute approximate surface area is 123 Å². The lowest BCUT2D eigenvalue weighted by atomic mass is 9.86. The lowest BCUT2D eigenvalue weighted by molar-refractivity contribution is -0.149. The van der Waals surface area contributed by atoms with Crippen molar-refractivity contribution in [3.05, 3.63) is 16.1 Å². The molecular formula is C14H22N2O3S. The normalized spacial score (nSPS) is 26.8. The standard InChI is InChI=1S/C14H22N2O3S/c1-3-14(19)6-7-16(8-12(14)17)13(18)5-4-11-10(2)15-9-20-11/h9,12,17,19H,3-8H2,1-2H3/t12-,14-/m1/s1. The highest BCUT2D eigenvalue weighted by Gasteiger charge is 2.40. The molecule has 1 amide bonds. The van der Waals surface area contributed by atoms with Crippen LogP contribution in [0.1, 0.15) is 36.8 Å². The number of aromatic nitrogens is 1. The fraction of sp³-hybridized carbons (Fsp3) is 0.714. The Morgan fingerprint density at radius 3 is 2.95 bits per heavy atom. The lowest BCUT2D eigenvalue weighted by Crippen LogP contribution is -2.56. The molecule has 1 aliphatic heterocycles. The van der Waals surface area contributed by atoms with E-state index < -0.39 is 11.7 Å². The summed E-state index contributed by atoms with van der Waals surface area (Å²) < 4.78 is 0. The first-order valence-corrected chi connectivity index (χ1v) is 7.91. The Kier molecular flexibility index (Phi) is 4.78. The summed E-state index contributed by atoms with van der Waals surface area (Å²) in [4.78, 5) is 19.1. The van der Waals surface area contributed by atoms with Gasteiger partial charge in [0.05, 0.1) is 16.8 Å². The number of nitrogens with zero attached hydrogens (tertiary/aromatic N) is 2. The highest BCUT2D eigenvalue weighted by Crippen LogP contribution is 2.26. The zero-order valence-electron chi connectivity index (χ0n) is 12.0. The van der Waals surface area contributed by atoms with Gasteiger partial charge in [0.2, 0.25) is 5.91 Å². The maximum atomic E-state index is 12.2. The highest BCUT2D eigenvalue weighted by atomic mass is 32.1. The molecule has 2 heterocycles. The first-order valence-electron chi connectivity index (χ1n) is 7.03. The van der Waals surface area contributed by atoms with Crippen LogP contribution in [0, 0.1) is 6.92 Å². The molecule has 0 aromatic carbocycles. The number of hydrogen-bond acceptors (Lipinski definition) is 5. The Bertz CT molecular complexity index is 477. The minimum absolute atomic E-state index is 0.0370. The molecule has 1 saturated heterocycles. The van der Waals surface area contributed by atoms with Crippen LogP contribution >= 0.6 is 11.3 Å². The van der Waals surface area contributed by atoms with Gasteiger partial charge in [-0.05, 0) is 26.2 Å². The quantitative estimate of drug-likeness (QED) is 0.873. The summed E-state index contributed by atoms with van der Waals surface area (Å²) in [6, 6.07) is 0. The van der Waals surface area contributed by atoms with Crippen molar-refractivity contribution in [3.8, 4) is 0 Å². The fourth-order valence-electron chi connectivity index (χ4n) is 2.55. The van der Waals surface area contributed by atoms with Crippen LogP contribution in [-0.2, 0) is 11.2 Å². The number of amides is 1. The minimum Gasteiger partial charge on any atom is -0.388 e. The van der Waals surface area contributed by atoms with Crippen LogP contribution in [-0.4, -0.2) is 50.8 Å². The van der Waals surface area contributed by atoms with Gasteiger partial charge in [-0.25, -0.2) is 4.98 Å². The molecule has 1 aromatic heterocycles. The lowest BCUT2D eigenvalue weighted by Gasteiger charge is -2.41. The van der Waals surface area contributed by atoms with E-state index in [0.29, 0.717) is 32.2 Å². The third-order valence-corrected chi connectivity index (χ3v) is 5.20. The Morgan fingerprint density at radius 1 is 1.65 bits per heavy atom. The first-order chi connectivity index (χ1) is 9.46. The number of carbonyl (C=O) groups is 1. The maximum Gasteiger partial charge on any atom is 0.223 e. The van der Waals surface area contributed by atoms with Crippen LogP contribution in [0.2, 0.25) is 0 Å². The molecule has 0 bridgehead atoms. The van der Waals surface area contributed by atoms with E-state index in [0.717, 1.165) is 10.6 Å². The molecule has 1 aliphatic rings. The van der Waals surface area contributed by atoms with Crippen LogP contribution in [0.15, 0.2) is 5.51 Å². The maximum absolute atomic E-state index is 12.2. The summed E-state index contributed by atoms with van der Waals surface area (Å²) in [5, 5.41) is 20.2. The van der Waals surface area contributed by atoms with Gasteiger partial charge < -0.3 is 15.1 Å². The number of aryl methyl sites for hydroxylation is 2. The monoisotopic (exact) mass is 298 g/mol. The third-order valence-electron chi connectivity index (χ3n) is 4.20. The van der Waals surface area contributed by atoms with Gasteiger partial charge >= 0.3 is 0 Å². The number of carbonyl (C=O) groups excluding carboxylic acids is 1. The molecule has 2 atom stereocenters. The van der Waals surface area contributed by atoms with Crippen LogP contribution in [0.4, 0.5) is 0 Å². The second-order valence-electron chi connectivity index (χ2n) is 5.42. The topological polar surface area (TPSA) is 73.7 Å². The van der Waals surface area contributed by atoms with Crippen molar-refractivity contribution in [3.63, 3.8) is 0 Å². The molecule has 0 unspecified atom stereocenters. The second-order valence-corrected chi connectivity index (χ2v) is 6.36. The van der Waals surface area contributed by atoms with Gasteiger partial charge in [-0.1, -0.05) is 6.92 Å². The molecule has 2 rings (SSSR count). The zero-order valence-corrected chi connectivity index (χ0v) is 12.8. The summed E-state index contributed by atoms with van der Waals surface area (Å²) in [6.07, 6.45) is 1.22. The minimum atomic E-state index is -1.04. The van der Waals surface area contributed by atoms with Crippen molar-refractivity contribution in [2.24, 2.45) is 0 Å². The van der Waals surface area contributed by atoms with Gasteiger partial charge in [-0.2, -0.15) is 0 Å². The van der Waals surface area contributed by atoms with Crippen LogP contribution in [0.3, 0.4) is 0 Å². The third kappa shape index (κ3) is 3.19. The van der Waals surface area contributed by atoms with E-state index in [2.05, 4.69) is 4.98 Å². The average molecular weight is 298 g/mol. The Balaban J connectivity index is 1.87. The molecular weight excluding hydrogens is 276 g/mol. The van der Waals surface area contributed by atoms with E-state index in [4.69, 9.17) is 0 Å². The van der Waals surface area contributed by atoms with E-state index in [9.17, 15) is 15.0 Å². The summed E-state index contributed by atoms with van der Waals surface area (Å²) in [5.74, 6) is 0.0370. The van der Waals surface area contributed by atoms with Crippen molar-refractivity contribution >= 4 is 17.2 Å². The molecule has 5 nitrogen and oxygen atoms in total. The van der Waals surface area contributed by atoms with E-state index >= 15 is 0 Å². The molecule has 0 spiro atoms. The fourth-order valence-corrected chi connectivity index (χ4v) is 3.33. The predicted octanol–water partition coefficient (Wildman–Crippen LogP) is 1.12.